The molecule has 140 valence electrons. The third kappa shape index (κ3) is 4.38. The number of likely N-dealkylation sites (tertiary alicyclic amines) is 1. The van der Waals surface area contributed by atoms with E-state index in [9.17, 15) is 14.7 Å². The molecule has 0 aromatic carbocycles. The number of fused-ring (bicyclic) bond motifs is 1. The van der Waals surface area contributed by atoms with E-state index < -0.39 is 18.1 Å². The van der Waals surface area contributed by atoms with E-state index in [4.69, 9.17) is 16.3 Å². The zero-order valence-corrected chi connectivity index (χ0v) is 16.2. The summed E-state index contributed by atoms with van der Waals surface area (Å²) in [6.07, 6.45) is 3.71. The van der Waals surface area contributed by atoms with E-state index in [0.717, 1.165) is 37.3 Å². The zero-order valence-electron chi connectivity index (χ0n) is 14.6. The van der Waals surface area contributed by atoms with Crippen LogP contribution in [0.15, 0.2) is 17.1 Å². The van der Waals surface area contributed by atoms with Gasteiger partial charge in [-0.05, 0) is 31.3 Å². The standard InChI is InChI=1S/C17H25ClN2O4S/c1-4-8-24-11(5-2)6-7-12-19-13-15(21)20(16(13)25-12)14(17(22)23)10(3)9-18/h11,13-14,16H,3-9H2,1-2H3,(H,22,23). The monoisotopic (exact) mass is 388 g/mol. The third-order valence-electron chi connectivity index (χ3n) is 4.36. The number of carbonyl (C=O) groups is 2. The second-order valence-electron chi connectivity index (χ2n) is 6.19. The highest BCUT2D eigenvalue weighted by Gasteiger charge is 2.56. The van der Waals surface area contributed by atoms with Crippen LogP contribution >= 0.6 is 23.4 Å². The van der Waals surface area contributed by atoms with Crippen LogP contribution in [-0.4, -0.2) is 63.0 Å². The molecule has 0 saturated carbocycles. The van der Waals surface area contributed by atoms with Gasteiger partial charge in [0.15, 0.2) is 12.1 Å². The second-order valence-corrected chi connectivity index (χ2v) is 7.65. The first-order valence-electron chi connectivity index (χ1n) is 8.58. The number of hydrogen-bond donors (Lipinski definition) is 1. The van der Waals surface area contributed by atoms with Crippen LogP contribution in [0.3, 0.4) is 0 Å². The van der Waals surface area contributed by atoms with Crippen molar-refractivity contribution < 1.29 is 19.4 Å². The van der Waals surface area contributed by atoms with Crippen LogP contribution in [0.1, 0.15) is 39.5 Å². The molecular weight excluding hydrogens is 364 g/mol. The summed E-state index contributed by atoms with van der Waals surface area (Å²) in [4.78, 5) is 29.7. The van der Waals surface area contributed by atoms with Gasteiger partial charge in [0.05, 0.1) is 11.1 Å². The number of aliphatic carboxylic acids is 1. The third-order valence-corrected chi connectivity index (χ3v) is 6.01. The Hall–Kier alpha value is -1.05. The van der Waals surface area contributed by atoms with Gasteiger partial charge in [-0.1, -0.05) is 32.2 Å². The Morgan fingerprint density at radius 3 is 2.80 bits per heavy atom. The van der Waals surface area contributed by atoms with E-state index in [0.29, 0.717) is 5.57 Å². The van der Waals surface area contributed by atoms with Gasteiger partial charge < -0.3 is 14.7 Å². The number of hydrogen-bond acceptors (Lipinski definition) is 5. The quantitative estimate of drug-likeness (QED) is 0.334. The number of carbonyl (C=O) groups excluding carboxylic acids is 1. The van der Waals surface area contributed by atoms with Crippen LogP contribution in [0.25, 0.3) is 0 Å². The van der Waals surface area contributed by atoms with Gasteiger partial charge in [-0.3, -0.25) is 9.79 Å². The Morgan fingerprint density at radius 1 is 1.52 bits per heavy atom. The number of amides is 1. The Bertz CT molecular complexity index is 569. The van der Waals surface area contributed by atoms with Crippen LogP contribution in [0.2, 0.25) is 0 Å². The second kappa shape index (κ2) is 9.05. The molecule has 1 amide bonds. The van der Waals surface area contributed by atoms with Gasteiger partial charge >= 0.3 is 5.97 Å². The molecule has 8 heteroatoms. The van der Waals surface area contributed by atoms with Crippen LogP contribution in [0.4, 0.5) is 0 Å². The summed E-state index contributed by atoms with van der Waals surface area (Å²) in [5.74, 6) is -1.37. The molecule has 0 spiro atoms. The summed E-state index contributed by atoms with van der Waals surface area (Å²) in [7, 11) is 0. The van der Waals surface area contributed by atoms with E-state index in [-0.39, 0.29) is 23.3 Å². The van der Waals surface area contributed by atoms with Crippen molar-refractivity contribution in [2.24, 2.45) is 4.99 Å². The number of rotatable bonds is 11. The predicted molar refractivity (Wildman–Crippen MR) is 100 cm³/mol. The fourth-order valence-electron chi connectivity index (χ4n) is 2.97. The van der Waals surface area contributed by atoms with Gasteiger partial charge in [-0.2, -0.15) is 0 Å². The Morgan fingerprint density at radius 2 is 2.24 bits per heavy atom. The molecule has 6 nitrogen and oxygen atoms in total. The normalized spacial score (nSPS) is 24.4. The van der Waals surface area contributed by atoms with Crippen LogP contribution in [0.5, 0.6) is 0 Å². The molecule has 0 aromatic rings. The number of β-lactam (4-membered cyclic amide) rings is 1. The minimum absolute atomic E-state index is 0.00343. The fraction of sp³-hybridized carbons (Fsp3) is 0.706. The Labute approximate surface area is 157 Å². The van der Waals surface area contributed by atoms with E-state index in [1.54, 1.807) is 0 Å². The minimum Gasteiger partial charge on any atom is -0.479 e. The highest BCUT2D eigenvalue weighted by atomic mass is 35.5. The fourth-order valence-corrected chi connectivity index (χ4v) is 4.45. The molecule has 4 atom stereocenters. The van der Waals surface area contributed by atoms with Crippen LogP contribution in [0, 0.1) is 0 Å². The highest BCUT2D eigenvalue weighted by molar-refractivity contribution is 8.14. The molecule has 1 N–H and O–H groups in total. The maximum atomic E-state index is 12.3. The summed E-state index contributed by atoms with van der Waals surface area (Å²) in [5.41, 5.74) is 0.314. The van der Waals surface area contributed by atoms with E-state index in [1.807, 2.05) is 0 Å². The molecule has 0 radical (unpaired) electrons. The smallest absolute Gasteiger partial charge is 0.330 e. The van der Waals surface area contributed by atoms with Gasteiger partial charge in [0.2, 0.25) is 0 Å². The first kappa shape index (κ1) is 20.3. The molecule has 0 bridgehead atoms. The minimum atomic E-state index is -1.11. The van der Waals surface area contributed by atoms with Gasteiger partial charge in [-0.25, -0.2) is 4.79 Å². The summed E-state index contributed by atoms with van der Waals surface area (Å²) in [6, 6.07) is -1.55. The van der Waals surface area contributed by atoms with Gasteiger partial charge in [0.1, 0.15) is 5.37 Å². The average Bonchev–Trinajstić information content (AvgIpc) is 2.98. The van der Waals surface area contributed by atoms with E-state index in [2.05, 4.69) is 25.4 Å². The predicted octanol–water partition coefficient (Wildman–Crippen LogP) is 2.90. The average molecular weight is 389 g/mol. The Kier molecular flexibility index (Phi) is 7.34. The molecule has 4 unspecified atom stereocenters. The SMILES string of the molecule is C=C(CCl)C(C(=O)O)N1C(=O)C2N=C(CCC(CC)OCCC)SC21. The van der Waals surface area contributed by atoms with Crippen molar-refractivity contribution in [3.05, 3.63) is 12.2 Å². The van der Waals surface area contributed by atoms with Crippen molar-refractivity contribution in [1.82, 2.24) is 4.90 Å². The number of carboxylic acids is 1. The number of halogens is 1. The Balaban J connectivity index is 1.94. The van der Waals surface area contributed by atoms with E-state index >= 15 is 0 Å². The van der Waals surface area contributed by atoms with Crippen molar-refractivity contribution >= 4 is 40.3 Å². The first-order valence-corrected chi connectivity index (χ1v) is 9.99. The molecule has 1 fully saturated rings. The number of alkyl halides is 1. The molecule has 0 aliphatic carbocycles. The number of carboxylic acid groups (broad SMARTS) is 1. The van der Waals surface area contributed by atoms with E-state index in [1.165, 1.54) is 16.7 Å². The maximum absolute atomic E-state index is 12.3. The molecule has 2 aliphatic heterocycles. The molecule has 2 heterocycles. The molecule has 2 aliphatic rings. The van der Waals surface area contributed by atoms with Crippen molar-refractivity contribution in [1.29, 1.82) is 0 Å². The lowest BCUT2D eigenvalue weighted by atomic mass is 10.00. The largest absolute Gasteiger partial charge is 0.479 e. The highest BCUT2D eigenvalue weighted by Crippen LogP contribution is 2.42. The molecule has 2 rings (SSSR count). The molecule has 25 heavy (non-hydrogen) atoms. The summed E-state index contributed by atoms with van der Waals surface area (Å²) in [5, 5.41) is 10.1. The summed E-state index contributed by atoms with van der Waals surface area (Å²) >= 11 is 7.20. The zero-order chi connectivity index (χ0) is 18.6. The first-order chi connectivity index (χ1) is 11.9. The number of thioether (sulfide) groups is 1. The molecular formula is C17H25ClN2O4S. The topological polar surface area (TPSA) is 79.2 Å². The molecule has 1 saturated heterocycles. The summed E-state index contributed by atoms with van der Waals surface area (Å²) < 4.78 is 5.78. The van der Waals surface area contributed by atoms with Crippen LogP contribution in [-0.2, 0) is 14.3 Å². The van der Waals surface area contributed by atoms with Gasteiger partial charge in [-0.15, -0.1) is 11.6 Å². The number of nitrogens with zero attached hydrogens (tertiary/aromatic N) is 2. The van der Waals surface area contributed by atoms with Crippen LogP contribution < -0.4 is 0 Å². The van der Waals surface area contributed by atoms with Gasteiger partial charge in [0.25, 0.3) is 5.91 Å². The van der Waals surface area contributed by atoms with Crippen molar-refractivity contribution in [3.63, 3.8) is 0 Å². The number of aliphatic imine (C=N–C) groups is 1. The van der Waals surface area contributed by atoms with Crippen molar-refractivity contribution in [3.8, 4) is 0 Å². The molecule has 0 aromatic heterocycles. The maximum Gasteiger partial charge on any atom is 0.330 e. The lowest BCUT2D eigenvalue weighted by molar-refractivity contribution is -0.157. The van der Waals surface area contributed by atoms with Gasteiger partial charge in [0, 0.05) is 12.5 Å². The summed E-state index contributed by atoms with van der Waals surface area (Å²) in [6.45, 7) is 8.61. The van der Waals surface area contributed by atoms with Crippen molar-refractivity contribution in [2.45, 2.75) is 63.1 Å². The lowest BCUT2D eigenvalue weighted by Gasteiger charge is -2.44. The number of ether oxygens (including phenoxy) is 1. The lowest BCUT2D eigenvalue weighted by Crippen LogP contribution is -2.66. The van der Waals surface area contributed by atoms with Crippen molar-refractivity contribution in [2.75, 3.05) is 12.5 Å².